The summed E-state index contributed by atoms with van der Waals surface area (Å²) in [6.07, 6.45) is 0. The Morgan fingerprint density at radius 1 is 0.457 bits per heavy atom. The fraction of sp³-hybridized carbons (Fsp3) is 0.0488. The monoisotopic (exact) mass is 596 g/mol. The van der Waals surface area contributed by atoms with Gasteiger partial charge in [0.25, 0.3) is 0 Å². The van der Waals surface area contributed by atoms with E-state index in [4.69, 9.17) is 15.0 Å². The lowest BCUT2D eigenvalue weighted by Crippen LogP contribution is -2.02. The summed E-state index contributed by atoms with van der Waals surface area (Å²) in [6.45, 7) is 4.24. The number of fused-ring (bicyclic) bond motifs is 3. The van der Waals surface area contributed by atoms with E-state index in [1.807, 2.05) is 66.7 Å². The van der Waals surface area contributed by atoms with E-state index < -0.39 is 0 Å². The van der Waals surface area contributed by atoms with E-state index in [9.17, 15) is 4.39 Å². The second-order valence-corrected chi connectivity index (χ2v) is 11.7. The first-order chi connectivity index (χ1) is 22.5. The summed E-state index contributed by atoms with van der Waals surface area (Å²) in [7, 11) is 0. The highest BCUT2D eigenvalue weighted by Crippen LogP contribution is 2.38. The van der Waals surface area contributed by atoms with Crippen molar-refractivity contribution in [1.29, 1.82) is 0 Å². The molecule has 6 aromatic carbocycles. The molecule has 0 unspecified atom stereocenters. The summed E-state index contributed by atoms with van der Waals surface area (Å²) in [5, 5.41) is 2.40. The molecule has 8 rings (SSSR count). The molecule has 0 N–H and O–H groups in total. The Labute approximate surface area is 266 Å². The third-order valence-corrected chi connectivity index (χ3v) is 8.41. The predicted molar refractivity (Wildman–Crippen MR) is 185 cm³/mol. The van der Waals surface area contributed by atoms with Crippen molar-refractivity contribution in [3.63, 3.8) is 0 Å². The van der Waals surface area contributed by atoms with Crippen LogP contribution < -0.4 is 0 Å². The van der Waals surface area contributed by atoms with Crippen molar-refractivity contribution in [3.8, 4) is 51.0 Å². The van der Waals surface area contributed by atoms with E-state index in [1.165, 1.54) is 28.0 Å². The Morgan fingerprint density at radius 3 is 1.57 bits per heavy atom. The number of halogens is 1. The largest absolute Gasteiger partial charge is 0.309 e. The maximum atomic E-state index is 14.8. The van der Waals surface area contributed by atoms with Crippen LogP contribution in [0.4, 0.5) is 4.39 Å². The summed E-state index contributed by atoms with van der Waals surface area (Å²) < 4.78 is 17.1. The number of hydrogen-bond donors (Lipinski definition) is 0. The molecule has 0 bridgehead atoms. The number of hydrogen-bond acceptors (Lipinski definition) is 3. The van der Waals surface area contributed by atoms with Crippen molar-refractivity contribution in [3.05, 3.63) is 156 Å². The normalized spacial score (nSPS) is 11.4. The molecule has 0 aliphatic rings. The van der Waals surface area contributed by atoms with E-state index in [0.29, 0.717) is 17.5 Å². The van der Waals surface area contributed by atoms with Crippen LogP contribution in [0.25, 0.3) is 72.8 Å². The highest BCUT2D eigenvalue weighted by Gasteiger charge is 2.19. The van der Waals surface area contributed by atoms with Gasteiger partial charge in [-0.2, -0.15) is 0 Å². The van der Waals surface area contributed by atoms with Crippen LogP contribution in [0.15, 0.2) is 140 Å². The van der Waals surface area contributed by atoms with E-state index in [2.05, 4.69) is 73.0 Å². The molecule has 2 aromatic heterocycles. The van der Waals surface area contributed by atoms with Crippen LogP contribution in [0, 0.1) is 19.7 Å². The van der Waals surface area contributed by atoms with Crippen LogP contribution in [0.3, 0.4) is 0 Å². The first kappa shape index (κ1) is 27.6. The second kappa shape index (κ2) is 11.2. The quantitative estimate of drug-likeness (QED) is 0.199. The van der Waals surface area contributed by atoms with Gasteiger partial charge in [0.15, 0.2) is 17.5 Å². The Hall–Kier alpha value is -5.94. The maximum absolute atomic E-state index is 14.8. The fourth-order valence-electron chi connectivity index (χ4n) is 6.22. The topological polar surface area (TPSA) is 43.6 Å². The Balaban J connectivity index is 1.40. The zero-order valence-corrected chi connectivity index (χ0v) is 25.4. The third-order valence-electron chi connectivity index (χ3n) is 8.41. The molecule has 5 heteroatoms. The minimum atomic E-state index is -0.303. The van der Waals surface area contributed by atoms with E-state index >= 15 is 0 Å². The lowest BCUT2D eigenvalue weighted by atomic mass is 9.97. The zero-order valence-electron chi connectivity index (χ0n) is 25.4. The standard InChI is InChI=1S/C41H29FN4/c1-26-16-20-37-35(22-26)36-23-27(2)17-21-38(36)46(37)32-18-19-33(34(25-32)30-14-9-15-31(42)24-30)41-44-39(28-10-5-3-6-11-28)43-40(45-41)29-12-7-4-8-13-29/h3-25H,1-2H3. The molecule has 0 saturated carbocycles. The minimum absolute atomic E-state index is 0.303. The Kier molecular flexibility index (Phi) is 6.72. The summed E-state index contributed by atoms with van der Waals surface area (Å²) in [6, 6.07) is 46.0. The van der Waals surface area contributed by atoms with Crippen molar-refractivity contribution >= 4 is 21.8 Å². The highest BCUT2D eigenvalue weighted by atomic mass is 19.1. The second-order valence-electron chi connectivity index (χ2n) is 11.7. The summed E-state index contributed by atoms with van der Waals surface area (Å²) in [5.74, 6) is 1.37. The minimum Gasteiger partial charge on any atom is -0.309 e. The molecule has 0 amide bonds. The maximum Gasteiger partial charge on any atom is 0.164 e. The van der Waals surface area contributed by atoms with E-state index in [-0.39, 0.29) is 5.82 Å². The van der Waals surface area contributed by atoms with Gasteiger partial charge in [0.2, 0.25) is 0 Å². The zero-order chi connectivity index (χ0) is 31.2. The smallest absolute Gasteiger partial charge is 0.164 e. The third kappa shape index (κ3) is 4.92. The van der Waals surface area contributed by atoms with Crippen molar-refractivity contribution in [2.45, 2.75) is 13.8 Å². The number of aromatic nitrogens is 4. The molecular weight excluding hydrogens is 567 g/mol. The molecular formula is C41H29FN4. The van der Waals surface area contributed by atoms with Gasteiger partial charge >= 0.3 is 0 Å². The molecule has 2 heterocycles. The summed E-state index contributed by atoms with van der Waals surface area (Å²) in [5.41, 5.74) is 9.76. The van der Waals surface area contributed by atoms with Crippen molar-refractivity contribution in [1.82, 2.24) is 19.5 Å². The molecule has 0 spiro atoms. The molecule has 0 saturated heterocycles. The van der Waals surface area contributed by atoms with Crippen LogP contribution in [0.5, 0.6) is 0 Å². The van der Waals surface area contributed by atoms with Crippen molar-refractivity contribution < 1.29 is 4.39 Å². The highest BCUT2D eigenvalue weighted by molar-refractivity contribution is 6.10. The molecule has 8 aromatic rings. The lowest BCUT2D eigenvalue weighted by molar-refractivity contribution is 0.628. The van der Waals surface area contributed by atoms with Crippen LogP contribution in [-0.4, -0.2) is 19.5 Å². The average molecular weight is 597 g/mol. The fourth-order valence-corrected chi connectivity index (χ4v) is 6.22. The molecule has 0 radical (unpaired) electrons. The summed E-state index contributed by atoms with van der Waals surface area (Å²) in [4.78, 5) is 14.9. The van der Waals surface area contributed by atoms with E-state index in [1.54, 1.807) is 12.1 Å². The SMILES string of the molecule is Cc1ccc2c(c1)c1cc(C)ccc1n2-c1ccc(-c2nc(-c3ccccc3)nc(-c3ccccc3)n2)c(-c2cccc(F)c2)c1. The molecule has 0 atom stereocenters. The van der Waals surface area contributed by atoms with Gasteiger partial charge in [0.1, 0.15) is 5.82 Å². The summed E-state index contributed by atoms with van der Waals surface area (Å²) >= 11 is 0. The van der Waals surface area contributed by atoms with Gasteiger partial charge in [0.05, 0.1) is 11.0 Å². The van der Waals surface area contributed by atoms with Crippen LogP contribution >= 0.6 is 0 Å². The first-order valence-electron chi connectivity index (χ1n) is 15.3. The number of benzene rings is 6. The Morgan fingerprint density at radius 2 is 1.00 bits per heavy atom. The van der Waals surface area contributed by atoms with Crippen molar-refractivity contribution in [2.75, 3.05) is 0 Å². The molecule has 0 aliphatic carbocycles. The van der Waals surface area contributed by atoms with Gasteiger partial charge in [-0.25, -0.2) is 19.3 Å². The van der Waals surface area contributed by atoms with Gasteiger partial charge in [-0.1, -0.05) is 96.1 Å². The molecule has 220 valence electrons. The molecule has 0 aliphatic heterocycles. The number of rotatable bonds is 5. The molecule has 46 heavy (non-hydrogen) atoms. The van der Waals surface area contributed by atoms with Gasteiger partial charge in [-0.15, -0.1) is 0 Å². The van der Waals surface area contributed by atoms with Gasteiger partial charge in [0, 0.05) is 33.2 Å². The van der Waals surface area contributed by atoms with Gasteiger partial charge in [-0.05, 0) is 79.6 Å². The molecule has 4 nitrogen and oxygen atoms in total. The number of aryl methyl sites for hydroxylation is 2. The van der Waals surface area contributed by atoms with Crippen LogP contribution in [-0.2, 0) is 0 Å². The first-order valence-corrected chi connectivity index (χ1v) is 15.3. The van der Waals surface area contributed by atoms with Crippen LogP contribution in [0.1, 0.15) is 11.1 Å². The number of nitrogens with zero attached hydrogens (tertiary/aromatic N) is 4. The lowest BCUT2D eigenvalue weighted by Gasteiger charge is -2.15. The van der Waals surface area contributed by atoms with Crippen LogP contribution in [0.2, 0.25) is 0 Å². The average Bonchev–Trinajstić information content (AvgIpc) is 3.41. The van der Waals surface area contributed by atoms with E-state index in [0.717, 1.165) is 44.5 Å². The molecule has 0 fully saturated rings. The predicted octanol–water partition coefficient (Wildman–Crippen LogP) is 10.4. The van der Waals surface area contributed by atoms with Gasteiger partial charge < -0.3 is 4.57 Å². The Bertz CT molecular complexity index is 2280. The van der Waals surface area contributed by atoms with Gasteiger partial charge in [-0.3, -0.25) is 0 Å². The van der Waals surface area contributed by atoms with Crippen molar-refractivity contribution in [2.24, 2.45) is 0 Å².